The summed E-state index contributed by atoms with van der Waals surface area (Å²) in [7, 11) is 0. The standard InChI is InChI=1S/C5H8ClN3/c1-2-5(6)9-8-4-3-7/h2-4,8H,1,7H2/b4-3-,9-5+. The van der Waals surface area contributed by atoms with Crippen LogP contribution in [0.15, 0.2) is 30.2 Å². The Morgan fingerprint density at radius 2 is 2.44 bits per heavy atom. The number of halogens is 1. The molecule has 0 bridgehead atoms. The number of nitrogens with two attached hydrogens (primary N) is 1. The smallest absolute Gasteiger partial charge is 0.148 e. The normalized spacial score (nSPS) is 11.9. The van der Waals surface area contributed by atoms with Gasteiger partial charge in [0.1, 0.15) is 5.17 Å². The van der Waals surface area contributed by atoms with E-state index in [0.717, 1.165) is 0 Å². The summed E-state index contributed by atoms with van der Waals surface area (Å²) in [5.74, 6) is 0. The van der Waals surface area contributed by atoms with Crippen molar-refractivity contribution in [3.05, 3.63) is 25.1 Å². The van der Waals surface area contributed by atoms with Crippen LogP contribution in [0.25, 0.3) is 0 Å². The van der Waals surface area contributed by atoms with Gasteiger partial charge in [-0.3, -0.25) is 5.43 Å². The van der Waals surface area contributed by atoms with Gasteiger partial charge in [-0.25, -0.2) is 0 Å². The molecule has 0 atom stereocenters. The number of hydrogen-bond acceptors (Lipinski definition) is 3. The van der Waals surface area contributed by atoms with Gasteiger partial charge in [-0.15, -0.1) is 0 Å². The van der Waals surface area contributed by atoms with Crippen molar-refractivity contribution in [3.8, 4) is 0 Å². The molecule has 4 heteroatoms. The largest absolute Gasteiger partial charge is 0.403 e. The van der Waals surface area contributed by atoms with Gasteiger partial charge in [-0.2, -0.15) is 5.10 Å². The fourth-order valence-corrected chi connectivity index (χ4v) is 0.236. The second-order valence-corrected chi connectivity index (χ2v) is 1.51. The highest BCUT2D eigenvalue weighted by atomic mass is 35.5. The van der Waals surface area contributed by atoms with Gasteiger partial charge in [0.25, 0.3) is 0 Å². The molecular formula is C5H8ClN3. The van der Waals surface area contributed by atoms with Crippen LogP contribution in [0.3, 0.4) is 0 Å². The summed E-state index contributed by atoms with van der Waals surface area (Å²) >= 11 is 5.40. The summed E-state index contributed by atoms with van der Waals surface area (Å²) in [5.41, 5.74) is 7.44. The number of nitrogens with zero attached hydrogens (tertiary/aromatic N) is 1. The quantitative estimate of drug-likeness (QED) is 0.455. The van der Waals surface area contributed by atoms with E-state index in [1.165, 1.54) is 18.5 Å². The van der Waals surface area contributed by atoms with E-state index in [-0.39, 0.29) is 0 Å². The fraction of sp³-hybridized carbons (Fsp3) is 0. The Morgan fingerprint density at radius 1 is 1.78 bits per heavy atom. The highest BCUT2D eigenvalue weighted by Crippen LogP contribution is 1.82. The third kappa shape index (κ3) is 4.90. The molecule has 0 aliphatic heterocycles. The van der Waals surface area contributed by atoms with Gasteiger partial charge in [0.05, 0.1) is 0 Å². The van der Waals surface area contributed by atoms with E-state index in [2.05, 4.69) is 17.1 Å². The molecule has 3 N–H and O–H groups in total. The Labute approximate surface area is 58.9 Å². The minimum atomic E-state index is 0.299. The molecule has 0 aliphatic carbocycles. The van der Waals surface area contributed by atoms with Gasteiger partial charge in [0.15, 0.2) is 0 Å². The second-order valence-electron chi connectivity index (χ2n) is 1.13. The lowest BCUT2D eigenvalue weighted by atomic mass is 10.7. The van der Waals surface area contributed by atoms with Crippen LogP contribution in [0.2, 0.25) is 0 Å². The average Bonchev–Trinajstić information content (AvgIpc) is 1.89. The van der Waals surface area contributed by atoms with Gasteiger partial charge in [-0.1, -0.05) is 18.2 Å². The van der Waals surface area contributed by atoms with Crippen molar-refractivity contribution in [3.63, 3.8) is 0 Å². The van der Waals surface area contributed by atoms with Crippen molar-refractivity contribution in [1.82, 2.24) is 5.43 Å². The monoisotopic (exact) mass is 145 g/mol. The van der Waals surface area contributed by atoms with Crippen molar-refractivity contribution >= 4 is 16.8 Å². The lowest BCUT2D eigenvalue weighted by Gasteiger charge is -1.87. The van der Waals surface area contributed by atoms with Crippen LogP contribution in [0.1, 0.15) is 0 Å². The predicted octanol–water partition coefficient (Wildman–Crippen LogP) is 0.744. The molecular weight excluding hydrogens is 138 g/mol. The summed E-state index contributed by atoms with van der Waals surface area (Å²) < 4.78 is 0. The Kier molecular flexibility index (Phi) is 4.63. The second kappa shape index (κ2) is 5.18. The van der Waals surface area contributed by atoms with Gasteiger partial charge < -0.3 is 5.73 Å². The van der Waals surface area contributed by atoms with E-state index < -0.39 is 0 Å². The summed E-state index contributed by atoms with van der Waals surface area (Å²) in [6.45, 7) is 3.38. The first-order valence-corrected chi connectivity index (χ1v) is 2.67. The van der Waals surface area contributed by atoms with E-state index >= 15 is 0 Å². The molecule has 0 saturated heterocycles. The van der Waals surface area contributed by atoms with Gasteiger partial charge in [-0.05, 0) is 6.08 Å². The summed E-state index contributed by atoms with van der Waals surface area (Å²) in [6.07, 6.45) is 4.18. The first-order chi connectivity index (χ1) is 4.31. The first kappa shape index (κ1) is 8.04. The average molecular weight is 146 g/mol. The molecule has 0 aromatic heterocycles. The molecule has 0 aromatic rings. The van der Waals surface area contributed by atoms with Crippen LogP contribution in [0.4, 0.5) is 0 Å². The minimum absolute atomic E-state index is 0.299. The molecule has 9 heavy (non-hydrogen) atoms. The maximum absolute atomic E-state index is 5.40. The lowest BCUT2D eigenvalue weighted by molar-refractivity contribution is 0.969. The molecule has 50 valence electrons. The van der Waals surface area contributed by atoms with E-state index in [9.17, 15) is 0 Å². The van der Waals surface area contributed by atoms with E-state index in [1.54, 1.807) is 0 Å². The van der Waals surface area contributed by atoms with Crippen molar-refractivity contribution in [2.24, 2.45) is 10.8 Å². The van der Waals surface area contributed by atoms with Crippen LogP contribution >= 0.6 is 11.6 Å². The highest BCUT2D eigenvalue weighted by Gasteiger charge is 1.78. The Bertz CT molecular complexity index is 139. The van der Waals surface area contributed by atoms with Crippen LogP contribution in [-0.2, 0) is 0 Å². The Balaban J connectivity index is 3.56. The zero-order chi connectivity index (χ0) is 7.11. The van der Waals surface area contributed by atoms with Crippen molar-refractivity contribution in [2.75, 3.05) is 0 Å². The number of hydrazone groups is 1. The molecule has 0 aliphatic rings. The molecule has 0 heterocycles. The summed E-state index contributed by atoms with van der Waals surface area (Å²) in [6, 6.07) is 0. The maximum atomic E-state index is 5.40. The number of allylic oxidation sites excluding steroid dienone is 1. The van der Waals surface area contributed by atoms with Crippen LogP contribution in [0, 0.1) is 0 Å². The Morgan fingerprint density at radius 3 is 2.89 bits per heavy atom. The molecule has 0 saturated carbocycles. The van der Waals surface area contributed by atoms with Gasteiger partial charge >= 0.3 is 0 Å². The third-order valence-electron chi connectivity index (χ3n) is 0.511. The highest BCUT2D eigenvalue weighted by molar-refractivity contribution is 6.68. The molecule has 0 aromatic carbocycles. The molecule has 0 rings (SSSR count). The maximum Gasteiger partial charge on any atom is 0.148 e. The Hall–Kier alpha value is -0.960. The topological polar surface area (TPSA) is 50.4 Å². The van der Waals surface area contributed by atoms with E-state index in [1.807, 2.05) is 0 Å². The molecule has 0 unspecified atom stereocenters. The number of nitrogens with one attached hydrogen (secondary N) is 1. The first-order valence-electron chi connectivity index (χ1n) is 2.29. The third-order valence-corrected chi connectivity index (χ3v) is 0.749. The molecule has 0 spiro atoms. The van der Waals surface area contributed by atoms with Crippen molar-refractivity contribution < 1.29 is 0 Å². The van der Waals surface area contributed by atoms with E-state index in [0.29, 0.717) is 5.17 Å². The van der Waals surface area contributed by atoms with E-state index in [4.69, 9.17) is 17.3 Å². The molecule has 0 fully saturated rings. The summed E-state index contributed by atoms with van der Waals surface area (Å²) in [5, 5.41) is 3.88. The molecule has 3 nitrogen and oxygen atoms in total. The van der Waals surface area contributed by atoms with Crippen molar-refractivity contribution in [1.29, 1.82) is 0 Å². The zero-order valence-electron chi connectivity index (χ0n) is 4.84. The number of hydrogen-bond donors (Lipinski definition) is 2. The van der Waals surface area contributed by atoms with Crippen LogP contribution in [0.5, 0.6) is 0 Å². The van der Waals surface area contributed by atoms with Crippen LogP contribution < -0.4 is 11.2 Å². The number of rotatable bonds is 3. The van der Waals surface area contributed by atoms with Gasteiger partial charge in [0.2, 0.25) is 0 Å². The molecule has 0 amide bonds. The minimum Gasteiger partial charge on any atom is -0.403 e. The van der Waals surface area contributed by atoms with Gasteiger partial charge in [0, 0.05) is 12.4 Å². The van der Waals surface area contributed by atoms with Crippen LogP contribution in [-0.4, -0.2) is 5.17 Å². The lowest BCUT2D eigenvalue weighted by Crippen LogP contribution is -1.97. The molecule has 0 radical (unpaired) electrons. The van der Waals surface area contributed by atoms with Crippen molar-refractivity contribution in [2.45, 2.75) is 0 Å². The fourth-order valence-electron chi connectivity index (χ4n) is 0.188. The summed E-state index contributed by atoms with van der Waals surface area (Å²) in [4.78, 5) is 0. The SMILES string of the molecule is C=C/C(Cl)=N\N/C=C\N. The zero-order valence-corrected chi connectivity index (χ0v) is 5.60. The predicted molar refractivity (Wildman–Crippen MR) is 39.9 cm³/mol.